The predicted octanol–water partition coefficient (Wildman–Crippen LogP) is 1.08. The molecule has 19 heavy (non-hydrogen) atoms. The van der Waals surface area contributed by atoms with Crippen LogP contribution in [0.3, 0.4) is 0 Å². The van der Waals surface area contributed by atoms with E-state index in [0.29, 0.717) is 13.1 Å². The Morgan fingerprint density at radius 1 is 1.05 bits per heavy atom. The molecule has 98 valence electrons. The summed E-state index contributed by atoms with van der Waals surface area (Å²) in [7, 11) is 0. The van der Waals surface area contributed by atoms with Crippen LogP contribution >= 0.6 is 11.3 Å². The molecule has 0 aliphatic heterocycles. The Labute approximate surface area is 114 Å². The van der Waals surface area contributed by atoms with Crippen LogP contribution in [-0.2, 0) is 22.7 Å². The van der Waals surface area contributed by atoms with Crippen LogP contribution in [0.4, 0.5) is 0 Å². The first kappa shape index (κ1) is 13.2. The Morgan fingerprint density at radius 3 is 2.37 bits per heavy atom. The minimum Gasteiger partial charge on any atom is -0.344 e. The van der Waals surface area contributed by atoms with Crippen LogP contribution in [0, 0.1) is 0 Å². The lowest BCUT2D eigenvalue weighted by atomic mass is 10.3. The topological polar surface area (TPSA) is 71.1 Å². The molecule has 2 aromatic heterocycles. The van der Waals surface area contributed by atoms with E-state index in [2.05, 4.69) is 15.6 Å². The van der Waals surface area contributed by atoms with Gasteiger partial charge in [-0.05, 0) is 29.1 Å². The minimum atomic E-state index is -0.631. The number of carbonyl (C=O) groups excluding carboxylic acids is 2. The van der Waals surface area contributed by atoms with Crippen molar-refractivity contribution in [1.29, 1.82) is 0 Å². The summed E-state index contributed by atoms with van der Waals surface area (Å²) >= 11 is 1.53. The lowest BCUT2D eigenvalue weighted by Crippen LogP contribution is -2.39. The zero-order valence-electron chi connectivity index (χ0n) is 10.1. The number of nitrogens with zero attached hydrogens (tertiary/aromatic N) is 1. The van der Waals surface area contributed by atoms with Crippen molar-refractivity contribution < 1.29 is 9.59 Å². The molecule has 0 radical (unpaired) electrons. The molecule has 2 N–H and O–H groups in total. The zero-order valence-corrected chi connectivity index (χ0v) is 10.9. The van der Waals surface area contributed by atoms with Crippen LogP contribution in [0.2, 0.25) is 0 Å². The fourth-order valence-corrected chi connectivity index (χ4v) is 2.07. The molecule has 0 atom stereocenters. The van der Waals surface area contributed by atoms with E-state index in [0.717, 1.165) is 10.4 Å². The number of hydrogen-bond donors (Lipinski definition) is 2. The molecule has 5 nitrogen and oxygen atoms in total. The van der Waals surface area contributed by atoms with Gasteiger partial charge in [0.15, 0.2) is 0 Å². The molecule has 0 fully saturated rings. The lowest BCUT2D eigenvalue weighted by molar-refractivity contribution is -0.139. The molecule has 0 aromatic carbocycles. The molecule has 6 heteroatoms. The van der Waals surface area contributed by atoms with Crippen LogP contribution in [0.15, 0.2) is 42.0 Å². The van der Waals surface area contributed by atoms with Crippen molar-refractivity contribution in [2.75, 3.05) is 0 Å². The summed E-state index contributed by atoms with van der Waals surface area (Å²) < 4.78 is 0. The van der Waals surface area contributed by atoms with Gasteiger partial charge in [-0.25, -0.2) is 0 Å². The molecule has 2 aromatic rings. The highest BCUT2D eigenvalue weighted by Gasteiger charge is 2.12. The number of thiophene rings is 1. The van der Waals surface area contributed by atoms with Gasteiger partial charge in [0.2, 0.25) is 0 Å². The van der Waals surface area contributed by atoms with E-state index < -0.39 is 11.8 Å². The quantitative estimate of drug-likeness (QED) is 0.820. The van der Waals surface area contributed by atoms with Crippen molar-refractivity contribution in [3.8, 4) is 0 Å². The van der Waals surface area contributed by atoms with Gasteiger partial charge in [-0.15, -0.1) is 11.3 Å². The van der Waals surface area contributed by atoms with Gasteiger partial charge in [-0.1, -0.05) is 6.07 Å². The third-order valence-electron chi connectivity index (χ3n) is 2.41. The van der Waals surface area contributed by atoms with Crippen LogP contribution in [0.25, 0.3) is 0 Å². The second-order valence-corrected chi connectivity index (χ2v) is 4.83. The summed E-state index contributed by atoms with van der Waals surface area (Å²) in [4.78, 5) is 28.0. The van der Waals surface area contributed by atoms with Gasteiger partial charge in [-0.2, -0.15) is 0 Å². The van der Waals surface area contributed by atoms with Gasteiger partial charge in [0.25, 0.3) is 0 Å². The summed E-state index contributed by atoms with van der Waals surface area (Å²) in [5.74, 6) is -1.25. The molecule has 2 rings (SSSR count). The number of nitrogens with one attached hydrogen (secondary N) is 2. The number of aromatic nitrogens is 1. The Bertz CT molecular complexity index is 540. The Balaban J connectivity index is 1.75. The molecule has 0 unspecified atom stereocenters. The normalized spacial score (nSPS) is 9.89. The highest BCUT2D eigenvalue weighted by atomic mass is 32.1. The molecule has 0 spiro atoms. The molecule has 0 saturated carbocycles. The number of hydrogen-bond acceptors (Lipinski definition) is 4. The van der Waals surface area contributed by atoms with Crippen LogP contribution in [0.1, 0.15) is 10.4 Å². The Kier molecular flexibility index (Phi) is 4.63. The standard InChI is InChI=1S/C13H13N3O2S/c17-12(15-8-10-3-5-14-6-4-10)13(18)16-9-11-2-1-7-19-11/h1-7H,8-9H2,(H,15,17)(H,16,18). The maximum absolute atomic E-state index is 11.5. The highest BCUT2D eigenvalue weighted by molar-refractivity contribution is 7.09. The summed E-state index contributed by atoms with van der Waals surface area (Å²) in [6, 6.07) is 7.36. The lowest BCUT2D eigenvalue weighted by Gasteiger charge is -2.05. The van der Waals surface area contributed by atoms with Crippen molar-refractivity contribution in [3.63, 3.8) is 0 Å². The molecule has 0 bridgehead atoms. The summed E-state index contributed by atoms with van der Waals surface area (Å²) in [5, 5.41) is 7.04. The fourth-order valence-electron chi connectivity index (χ4n) is 1.42. The molecular formula is C13H13N3O2S. The summed E-state index contributed by atoms with van der Waals surface area (Å²) in [6.45, 7) is 0.687. The van der Waals surface area contributed by atoms with Crippen molar-refractivity contribution >= 4 is 23.2 Å². The van der Waals surface area contributed by atoms with E-state index >= 15 is 0 Å². The third-order valence-corrected chi connectivity index (χ3v) is 3.29. The number of amides is 2. The van der Waals surface area contributed by atoms with E-state index in [1.807, 2.05) is 17.5 Å². The van der Waals surface area contributed by atoms with E-state index in [1.165, 1.54) is 11.3 Å². The summed E-state index contributed by atoms with van der Waals surface area (Å²) in [6.07, 6.45) is 3.27. The van der Waals surface area contributed by atoms with Gasteiger partial charge in [0.05, 0.1) is 6.54 Å². The highest BCUT2D eigenvalue weighted by Crippen LogP contribution is 2.07. The molecule has 0 aliphatic rings. The SMILES string of the molecule is O=C(NCc1ccncc1)C(=O)NCc1cccs1. The van der Waals surface area contributed by atoms with E-state index in [-0.39, 0.29) is 0 Å². The number of pyridine rings is 1. The van der Waals surface area contributed by atoms with Crippen molar-refractivity contribution in [1.82, 2.24) is 15.6 Å². The van der Waals surface area contributed by atoms with Crippen molar-refractivity contribution in [2.45, 2.75) is 13.1 Å². The van der Waals surface area contributed by atoms with Gasteiger partial charge >= 0.3 is 11.8 Å². The van der Waals surface area contributed by atoms with Gasteiger partial charge in [-0.3, -0.25) is 14.6 Å². The maximum Gasteiger partial charge on any atom is 0.309 e. The summed E-state index contributed by atoms with van der Waals surface area (Å²) in [5.41, 5.74) is 0.898. The first-order valence-electron chi connectivity index (χ1n) is 5.73. The second kappa shape index (κ2) is 6.65. The van der Waals surface area contributed by atoms with Gasteiger partial charge < -0.3 is 10.6 Å². The molecule has 0 saturated heterocycles. The number of rotatable bonds is 4. The van der Waals surface area contributed by atoms with Crippen LogP contribution in [0.5, 0.6) is 0 Å². The first-order valence-corrected chi connectivity index (χ1v) is 6.61. The average Bonchev–Trinajstić information content (AvgIpc) is 2.96. The van der Waals surface area contributed by atoms with E-state index in [1.54, 1.807) is 24.5 Å². The first-order chi connectivity index (χ1) is 9.25. The Morgan fingerprint density at radius 2 is 1.74 bits per heavy atom. The smallest absolute Gasteiger partial charge is 0.309 e. The Hall–Kier alpha value is -2.21. The average molecular weight is 275 g/mol. The fraction of sp³-hybridized carbons (Fsp3) is 0.154. The van der Waals surface area contributed by atoms with Crippen LogP contribution in [-0.4, -0.2) is 16.8 Å². The molecular weight excluding hydrogens is 262 g/mol. The van der Waals surface area contributed by atoms with E-state index in [4.69, 9.17) is 0 Å². The largest absolute Gasteiger partial charge is 0.344 e. The molecule has 0 aliphatic carbocycles. The van der Waals surface area contributed by atoms with Gasteiger partial charge in [0, 0.05) is 23.8 Å². The minimum absolute atomic E-state index is 0.313. The second-order valence-electron chi connectivity index (χ2n) is 3.80. The predicted molar refractivity (Wildman–Crippen MR) is 72.2 cm³/mol. The zero-order chi connectivity index (χ0) is 13.5. The molecule has 2 amide bonds. The van der Waals surface area contributed by atoms with Crippen molar-refractivity contribution in [2.24, 2.45) is 0 Å². The third kappa shape index (κ3) is 4.18. The van der Waals surface area contributed by atoms with Crippen LogP contribution < -0.4 is 10.6 Å². The van der Waals surface area contributed by atoms with E-state index in [9.17, 15) is 9.59 Å². The monoisotopic (exact) mass is 275 g/mol. The maximum atomic E-state index is 11.5. The molecule has 2 heterocycles. The van der Waals surface area contributed by atoms with Gasteiger partial charge in [0.1, 0.15) is 0 Å². The van der Waals surface area contributed by atoms with Crippen molar-refractivity contribution in [3.05, 3.63) is 52.5 Å². The number of carbonyl (C=O) groups is 2.